The van der Waals surface area contributed by atoms with E-state index in [4.69, 9.17) is 32.7 Å². The van der Waals surface area contributed by atoms with Crippen LogP contribution in [-0.2, 0) is 20.0 Å². The highest BCUT2D eigenvalue weighted by molar-refractivity contribution is 6.30. The summed E-state index contributed by atoms with van der Waals surface area (Å²) in [4.78, 5) is 28.2. The van der Waals surface area contributed by atoms with E-state index in [2.05, 4.69) is 11.9 Å². The number of nitrogens with zero attached hydrogens (tertiary/aromatic N) is 1. The van der Waals surface area contributed by atoms with Crippen LogP contribution < -0.4 is 5.32 Å². The molecule has 2 heterocycles. The predicted octanol–water partition coefficient (Wildman–Crippen LogP) is 5.86. The van der Waals surface area contributed by atoms with Gasteiger partial charge in [0.2, 0.25) is 0 Å². The van der Waals surface area contributed by atoms with Gasteiger partial charge in [0.05, 0.1) is 42.5 Å². The second-order valence-corrected chi connectivity index (χ2v) is 10.7. The monoisotopic (exact) mass is 584 g/mol. The molecule has 4 atom stereocenters. The first-order valence-electron chi connectivity index (χ1n) is 12.6. The van der Waals surface area contributed by atoms with Crippen LogP contribution in [0.5, 0.6) is 0 Å². The van der Waals surface area contributed by atoms with Crippen molar-refractivity contribution in [2.45, 2.75) is 24.7 Å². The van der Waals surface area contributed by atoms with Gasteiger partial charge in [-0.2, -0.15) is 0 Å². The van der Waals surface area contributed by atoms with Crippen LogP contribution in [0.2, 0.25) is 10.0 Å². The lowest BCUT2D eigenvalue weighted by Gasteiger charge is -2.44. The Morgan fingerprint density at radius 1 is 1.18 bits per heavy atom. The van der Waals surface area contributed by atoms with E-state index in [-0.39, 0.29) is 17.2 Å². The first-order chi connectivity index (χ1) is 19.1. The normalized spacial score (nSPS) is 21.8. The summed E-state index contributed by atoms with van der Waals surface area (Å²) in [6.07, 6.45) is 0. The lowest BCUT2D eigenvalue weighted by molar-refractivity contribution is -0.149. The lowest BCUT2D eigenvalue weighted by Crippen LogP contribution is -2.51. The van der Waals surface area contributed by atoms with Gasteiger partial charge in [0.1, 0.15) is 5.82 Å². The molecule has 1 unspecified atom stereocenters. The molecule has 2 N–H and O–H groups in total. The van der Waals surface area contributed by atoms with E-state index in [9.17, 15) is 14.7 Å². The van der Waals surface area contributed by atoms with Gasteiger partial charge in [0.15, 0.2) is 5.72 Å². The third-order valence-electron chi connectivity index (χ3n) is 7.61. The summed E-state index contributed by atoms with van der Waals surface area (Å²) >= 11 is 12.3. The van der Waals surface area contributed by atoms with Crippen molar-refractivity contribution in [3.05, 3.63) is 111 Å². The minimum Gasteiger partial charge on any atom is -0.481 e. The van der Waals surface area contributed by atoms with Crippen molar-refractivity contribution in [1.29, 1.82) is 0 Å². The zero-order valence-electron chi connectivity index (χ0n) is 21.8. The largest absolute Gasteiger partial charge is 0.481 e. The van der Waals surface area contributed by atoms with E-state index < -0.39 is 35.4 Å². The van der Waals surface area contributed by atoms with Crippen molar-refractivity contribution in [3.8, 4) is 0 Å². The molecule has 0 saturated carbocycles. The Kier molecular flexibility index (Phi) is 7.74. The molecule has 3 aromatic carbocycles. The molecular weight excluding hydrogens is 558 g/mol. The van der Waals surface area contributed by atoms with E-state index in [1.807, 2.05) is 0 Å². The van der Waals surface area contributed by atoms with Crippen molar-refractivity contribution in [3.63, 3.8) is 0 Å². The minimum absolute atomic E-state index is 0.0222. The molecular formula is C30H27Cl2FN2O5. The molecule has 208 valence electrons. The molecule has 2 aliphatic heterocycles. The molecule has 40 heavy (non-hydrogen) atoms. The standard InChI is InChI=1S/C30H27Cl2FN2O5/c1-16(25-14-40-15-34-25)19-12-23-26(24(33)13-19)30(39-3,20-6-10-22(32)11-7-20)35(28(23)36)27(17(2)29(37)38)18-4-8-21(31)9-5-18/h4-13,17,25,27,34H,1,14-15H2,2-3H3,(H,37,38)/t17-,25?,27-,30+/m0/s1. The Bertz CT molecular complexity index is 1470. The smallest absolute Gasteiger partial charge is 0.308 e. The minimum atomic E-state index is -1.82. The summed E-state index contributed by atoms with van der Waals surface area (Å²) in [5.41, 5.74) is 0.0870. The van der Waals surface area contributed by atoms with E-state index in [1.54, 1.807) is 54.6 Å². The highest BCUT2D eigenvalue weighted by Gasteiger charge is 2.57. The van der Waals surface area contributed by atoms with Crippen molar-refractivity contribution >= 4 is 40.7 Å². The number of carboxylic acid groups (broad SMARTS) is 1. The summed E-state index contributed by atoms with van der Waals surface area (Å²) in [7, 11) is 1.36. The first-order valence-corrected chi connectivity index (χ1v) is 13.3. The van der Waals surface area contributed by atoms with Gasteiger partial charge in [-0.3, -0.25) is 19.8 Å². The van der Waals surface area contributed by atoms with E-state index in [0.717, 1.165) is 0 Å². The maximum atomic E-state index is 16.4. The van der Waals surface area contributed by atoms with Gasteiger partial charge in [-0.15, -0.1) is 0 Å². The molecule has 0 bridgehead atoms. The number of hydrogen-bond acceptors (Lipinski definition) is 5. The Morgan fingerprint density at radius 3 is 2.35 bits per heavy atom. The molecule has 1 amide bonds. The van der Waals surface area contributed by atoms with Crippen LogP contribution in [0, 0.1) is 11.7 Å². The zero-order valence-corrected chi connectivity index (χ0v) is 23.3. The average Bonchev–Trinajstić information content (AvgIpc) is 3.56. The fourth-order valence-corrected chi connectivity index (χ4v) is 5.83. The molecule has 10 heteroatoms. The average molecular weight is 585 g/mol. The molecule has 1 saturated heterocycles. The van der Waals surface area contributed by atoms with Crippen LogP contribution in [-0.4, -0.2) is 48.4 Å². The highest BCUT2D eigenvalue weighted by Crippen LogP contribution is 2.52. The number of fused-ring (bicyclic) bond motifs is 1. The number of carbonyl (C=O) groups is 2. The second kappa shape index (κ2) is 11.0. The van der Waals surface area contributed by atoms with Gasteiger partial charge in [-0.1, -0.05) is 54.0 Å². The number of aliphatic carboxylic acids is 1. The summed E-state index contributed by atoms with van der Waals surface area (Å²) in [5.74, 6) is -3.55. The number of amides is 1. The number of carboxylic acids is 1. The molecule has 2 aliphatic rings. The van der Waals surface area contributed by atoms with Gasteiger partial charge < -0.3 is 14.6 Å². The summed E-state index contributed by atoms with van der Waals surface area (Å²) in [5, 5.41) is 14.2. The van der Waals surface area contributed by atoms with Crippen LogP contribution in [0.4, 0.5) is 4.39 Å². The predicted molar refractivity (Wildman–Crippen MR) is 150 cm³/mol. The third kappa shape index (κ3) is 4.60. The van der Waals surface area contributed by atoms with Gasteiger partial charge in [0, 0.05) is 22.7 Å². The van der Waals surface area contributed by atoms with E-state index in [0.29, 0.717) is 45.6 Å². The fourth-order valence-electron chi connectivity index (χ4n) is 5.57. The summed E-state index contributed by atoms with van der Waals surface area (Å²) in [6.45, 7) is 6.31. The SMILES string of the molecule is C=C(c1cc(F)c2c(c1)C(=O)N([C@H](c1ccc(Cl)cc1)[C@H](C)C(=O)O)[C@@]2(OC)c1ccc(Cl)cc1)C1COCN1. The number of methoxy groups -OCH3 is 1. The van der Waals surface area contributed by atoms with Crippen molar-refractivity contribution < 1.29 is 28.6 Å². The van der Waals surface area contributed by atoms with E-state index >= 15 is 4.39 Å². The van der Waals surface area contributed by atoms with Crippen molar-refractivity contribution in [1.82, 2.24) is 10.2 Å². The zero-order chi connectivity index (χ0) is 28.8. The van der Waals surface area contributed by atoms with Gasteiger partial charge in [-0.25, -0.2) is 4.39 Å². The number of hydrogen-bond donors (Lipinski definition) is 2. The molecule has 1 fully saturated rings. The topological polar surface area (TPSA) is 88.1 Å². The van der Waals surface area contributed by atoms with Gasteiger partial charge in [0.25, 0.3) is 5.91 Å². The summed E-state index contributed by atoms with van der Waals surface area (Å²) < 4.78 is 27.9. The number of carbonyl (C=O) groups excluding carboxylic acids is 1. The van der Waals surface area contributed by atoms with Gasteiger partial charge in [-0.05, 0) is 60.0 Å². The Hall–Kier alpha value is -3.27. The molecule has 5 rings (SSSR count). The van der Waals surface area contributed by atoms with Crippen molar-refractivity contribution in [2.75, 3.05) is 20.4 Å². The van der Waals surface area contributed by atoms with Crippen LogP contribution in [0.3, 0.4) is 0 Å². The number of benzene rings is 3. The maximum absolute atomic E-state index is 16.4. The van der Waals surface area contributed by atoms with Crippen LogP contribution in [0.15, 0.2) is 67.2 Å². The maximum Gasteiger partial charge on any atom is 0.308 e. The van der Waals surface area contributed by atoms with E-state index in [1.165, 1.54) is 25.0 Å². The lowest BCUT2D eigenvalue weighted by atomic mass is 9.87. The number of halogens is 3. The highest BCUT2D eigenvalue weighted by atomic mass is 35.5. The second-order valence-electron chi connectivity index (χ2n) is 9.83. The third-order valence-corrected chi connectivity index (χ3v) is 8.11. The molecule has 0 aliphatic carbocycles. The van der Waals surface area contributed by atoms with Crippen LogP contribution in [0.25, 0.3) is 5.57 Å². The molecule has 3 aromatic rings. The number of rotatable bonds is 8. The van der Waals surface area contributed by atoms with Gasteiger partial charge >= 0.3 is 5.97 Å². The Labute approximate surface area is 241 Å². The number of nitrogens with one attached hydrogen (secondary N) is 1. The van der Waals surface area contributed by atoms with Crippen LogP contribution in [0.1, 0.15) is 45.6 Å². The fraction of sp³-hybridized carbons (Fsp3) is 0.267. The molecule has 0 aromatic heterocycles. The molecule has 0 radical (unpaired) electrons. The van der Waals surface area contributed by atoms with Crippen LogP contribution >= 0.6 is 23.2 Å². The Morgan fingerprint density at radius 2 is 1.80 bits per heavy atom. The summed E-state index contributed by atoms with van der Waals surface area (Å²) in [6, 6.07) is 14.6. The first kappa shape index (κ1) is 28.3. The Balaban J connectivity index is 1.78. The molecule has 7 nitrogen and oxygen atoms in total. The quantitative estimate of drug-likeness (QED) is 0.345. The van der Waals surface area contributed by atoms with Crippen molar-refractivity contribution in [2.24, 2.45) is 5.92 Å². The number of ether oxygens (including phenoxy) is 2. The molecule has 0 spiro atoms.